The van der Waals surface area contributed by atoms with Crippen LogP contribution < -0.4 is 16.0 Å². The fourth-order valence-electron chi connectivity index (χ4n) is 3.86. The molecule has 0 fully saturated rings. The van der Waals surface area contributed by atoms with E-state index in [9.17, 15) is 14.4 Å². The minimum absolute atomic E-state index is 0. The maximum Gasteiger partial charge on any atom is 0.247 e. The summed E-state index contributed by atoms with van der Waals surface area (Å²) in [5.74, 6) is -0.870. The number of likely N-dealkylation sites (N-methyl/N-ethyl adjacent to an activating group) is 1. The maximum atomic E-state index is 13.6. The van der Waals surface area contributed by atoms with Gasteiger partial charge in [0.2, 0.25) is 17.7 Å². The second-order valence-corrected chi connectivity index (χ2v) is 8.51. The van der Waals surface area contributed by atoms with Gasteiger partial charge in [-0.2, -0.15) is 0 Å². The molecular formula is C25H33ClN4O3. The van der Waals surface area contributed by atoms with Crippen molar-refractivity contribution in [1.82, 2.24) is 20.9 Å². The number of fused-ring (bicyclic) bond motifs is 1. The van der Waals surface area contributed by atoms with E-state index in [1.165, 1.54) is 0 Å². The molecule has 0 saturated carbocycles. The smallest absolute Gasteiger partial charge is 0.247 e. The summed E-state index contributed by atoms with van der Waals surface area (Å²) in [6, 6.07) is 15.4. The zero-order valence-electron chi connectivity index (χ0n) is 19.5. The highest BCUT2D eigenvalue weighted by Gasteiger charge is 2.41. The maximum absolute atomic E-state index is 13.6. The SMILES string of the molecule is CN[C@@H](C)C(=O)N[C@H](C(=O)N1Cc2ccccc2C1C(=O)NCc1ccccc1)C(C)C.Cl. The molecule has 3 rings (SSSR count). The monoisotopic (exact) mass is 472 g/mol. The summed E-state index contributed by atoms with van der Waals surface area (Å²) in [5.41, 5.74) is 2.75. The summed E-state index contributed by atoms with van der Waals surface area (Å²) in [4.78, 5) is 40.9. The summed E-state index contributed by atoms with van der Waals surface area (Å²) >= 11 is 0. The Kier molecular flexibility index (Phi) is 9.44. The first-order valence-corrected chi connectivity index (χ1v) is 11.0. The number of nitrogens with zero attached hydrogens (tertiary/aromatic N) is 1. The molecule has 0 aliphatic carbocycles. The molecule has 3 amide bonds. The number of amides is 3. The van der Waals surface area contributed by atoms with Crippen molar-refractivity contribution in [2.75, 3.05) is 7.05 Å². The van der Waals surface area contributed by atoms with Gasteiger partial charge in [0.25, 0.3) is 0 Å². The molecule has 1 aliphatic rings. The Labute approximate surface area is 201 Å². The molecule has 1 heterocycles. The van der Waals surface area contributed by atoms with Crippen LogP contribution in [-0.4, -0.2) is 41.8 Å². The lowest BCUT2D eigenvalue weighted by Gasteiger charge is -2.31. The highest BCUT2D eigenvalue weighted by Crippen LogP contribution is 2.34. The van der Waals surface area contributed by atoms with Crippen LogP contribution in [0.5, 0.6) is 0 Å². The average molecular weight is 473 g/mol. The molecule has 0 radical (unpaired) electrons. The minimum atomic E-state index is -0.734. The van der Waals surface area contributed by atoms with E-state index in [0.29, 0.717) is 13.1 Å². The van der Waals surface area contributed by atoms with Crippen molar-refractivity contribution >= 4 is 30.1 Å². The van der Waals surface area contributed by atoms with Crippen molar-refractivity contribution in [3.05, 3.63) is 71.3 Å². The lowest BCUT2D eigenvalue weighted by molar-refractivity contribution is -0.144. The van der Waals surface area contributed by atoms with Gasteiger partial charge in [0.05, 0.1) is 6.04 Å². The molecule has 3 N–H and O–H groups in total. The third-order valence-corrected chi connectivity index (χ3v) is 5.90. The summed E-state index contributed by atoms with van der Waals surface area (Å²) in [6.07, 6.45) is 0. The molecule has 2 aromatic carbocycles. The van der Waals surface area contributed by atoms with Crippen LogP contribution in [0.4, 0.5) is 0 Å². The summed E-state index contributed by atoms with van der Waals surface area (Å²) < 4.78 is 0. The Balaban J connectivity index is 0.00000385. The van der Waals surface area contributed by atoms with E-state index in [-0.39, 0.29) is 36.0 Å². The first kappa shape index (κ1) is 26.4. The molecule has 0 bridgehead atoms. The Hall–Kier alpha value is -2.90. The van der Waals surface area contributed by atoms with Gasteiger partial charge in [0.15, 0.2) is 0 Å². The van der Waals surface area contributed by atoms with Crippen LogP contribution in [0.1, 0.15) is 43.5 Å². The van der Waals surface area contributed by atoms with Crippen LogP contribution >= 0.6 is 12.4 Å². The van der Waals surface area contributed by atoms with Crippen LogP contribution in [0.3, 0.4) is 0 Å². The van der Waals surface area contributed by atoms with Gasteiger partial charge in [-0.05, 0) is 36.6 Å². The highest BCUT2D eigenvalue weighted by atomic mass is 35.5. The fraction of sp³-hybridized carbons (Fsp3) is 0.400. The van der Waals surface area contributed by atoms with Gasteiger partial charge in [0.1, 0.15) is 12.1 Å². The first-order valence-electron chi connectivity index (χ1n) is 11.0. The number of hydrogen-bond acceptors (Lipinski definition) is 4. The Morgan fingerprint density at radius 1 is 1.00 bits per heavy atom. The molecular weight excluding hydrogens is 440 g/mol. The second kappa shape index (κ2) is 11.8. The third kappa shape index (κ3) is 6.12. The van der Waals surface area contributed by atoms with Crippen LogP contribution in [0.25, 0.3) is 0 Å². The van der Waals surface area contributed by atoms with Crippen LogP contribution in [0.15, 0.2) is 54.6 Å². The van der Waals surface area contributed by atoms with E-state index in [2.05, 4.69) is 16.0 Å². The Bertz CT molecular complexity index is 967. The largest absolute Gasteiger partial charge is 0.350 e. The van der Waals surface area contributed by atoms with Crippen molar-refractivity contribution in [1.29, 1.82) is 0 Å². The highest BCUT2D eigenvalue weighted by molar-refractivity contribution is 5.94. The molecule has 0 spiro atoms. The number of carbonyl (C=O) groups excluding carboxylic acids is 3. The predicted octanol–water partition coefficient (Wildman–Crippen LogP) is 2.56. The third-order valence-electron chi connectivity index (χ3n) is 5.90. The van der Waals surface area contributed by atoms with Crippen molar-refractivity contribution in [2.45, 2.75) is 52.0 Å². The summed E-state index contributed by atoms with van der Waals surface area (Å²) in [5, 5.41) is 8.73. The van der Waals surface area contributed by atoms with Gasteiger partial charge in [-0.3, -0.25) is 14.4 Å². The van der Waals surface area contributed by atoms with Gasteiger partial charge in [-0.25, -0.2) is 0 Å². The van der Waals surface area contributed by atoms with Gasteiger partial charge in [-0.1, -0.05) is 68.4 Å². The first-order chi connectivity index (χ1) is 15.3. The zero-order valence-corrected chi connectivity index (χ0v) is 20.3. The van der Waals surface area contributed by atoms with E-state index in [0.717, 1.165) is 16.7 Å². The van der Waals surface area contributed by atoms with E-state index in [4.69, 9.17) is 0 Å². The van der Waals surface area contributed by atoms with Gasteiger partial charge < -0.3 is 20.9 Å². The lowest BCUT2D eigenvalue weighted by atomic mass is 10.0. The average Bonchev–Trinajstić information content (AvgIpc) is 3.20. The lowest BCUT2D eigenvalue weighted by Crippen LogP contribution is -2.55. The molecule has 8 heteroatoms. The molecule has 0 aromatic heterocycles. The summed E-state index contributed by atoms with van der Waals surface area (Å²) in [7, 11) is 1.70. The molecule has 3 atom stereocenters. The molecule has 1 unspecified atom stereocenters. The Morgan fingerprint density at radius 3 is 2.27 bits per heavy atom. The van der Waals surface area contributed by atoms with Gasteiger partial charge in [-0.15, -0.1) is 12.4 Å². The number of benzene rings is 2. The number of rotatable bonds is 8. The van der Waals surface area contributed by atoms with Gasteiger partial charge in [0, 0.05) is 13.1 Å². The van der Waals surface area contributed by atoms with Gasteiger partial charge >= 0.3 is 0 Å². The van der Waals surface area contributed by atoms with E-state index < -0.39 is 18.1 Å². The summed E-state index contributed by atoms with van der Waals surface area (Å²) in [6.45, 7) is 6.23. The standard InChI is InChI=1S/C25H32N4O3.ClH/c1-16(2)21(28-23(30)17(3)26-4)25(32)29-15-19-12-8-9-13-20(19)22(29)24(31)27-14-18-10-6-5-7-11-18;/h5-13,16-17,21-22,26H,14-15H2,1-4H3,(H,27,31)(H,28,30);1H/t17-,21-,22?;/m0./s1. The topological polar surface area (TPSA) is 90.5 Å². The molecule has 2 aromatic rings. The number of hydrogen-bond donors (Lipinski definition) is 3. The predicted molar refractivity (Wildman–Crippen MR) is 131 cm³/mol. The fourth-order valence-corrected chi connectivity index (χ4v) is 3.86. The van der Waals surface area contributed by atoms with Crippen molar-refractivity contribution < 1.29 is 14.4 Å². The second-order valence-electron chi connectivity index (χ2n) is 8.51. The molecule has 0 saturated heterocycles. The Morgan fingerprint density at radius 2 is 1.64 bits per heavy atom. The quantitative estimate of drug-likeness (QED) is 0.550. The number of halogens is 1. The molecule has 33 heavy (non-hydrogen) atoms. The molecule has 178 valence electrons. The molecule has 7 nitrogen and oxygen atoms in total. The molecule has 1 aliphatic heterocycles. The van der Waals surface area contributed by atoms with Crippen LogP contribution in [0.2, 0.25) is 0 Å². The van der Waals surface area contributed by atoms with E-state index >= 15 is 0 Å². The van der Waals surface area contributed by atoms with E-state index in [1.807, 2.05) is 68.4 Å². The number of nitrogens with one attached hydrogen (secondary N) is 3. The zero-order chi connectivity index (χ0) is 23.3. The van der Waals surface area contributed by atoms with Crippen molar-refractivity contribution in [2.24, 2.45) is 5.92 Å². The van der Waals surface area contributed by atoms with E-state index in [1.54, 1.807) is 18.9 Å². The van der Waals surface area contributed by atoms with Crippen molar-refractivity contribution in [3.63, 3.8) is 0 Å². The minimum Gasteiger partial charge on any atom is -0.350 e. The normalized spacial score (nSPS) is 16.4. The van der Waals surface area contributed by atoms with Crippen molar-refractivity contribution in [3.8, 4) is 0 Å². The number of carbonyl (C=O) groups is 3. The van der Waals surface area contributed by atoms with Crippen LogP contribution in [-0.2, 0) is 27.5 Å². The van der Waals surface area contributed by atoms with Crippen LogP contribution in [0, 0.1) is 5.92 Å².